The Kier molecular flexibility index (Phi) is 7.30. The summed E-state index contributed by atoms with van der Waals surface area (Å²) in [5.41, 5.74) is -0.135. The Balaban J connectivity index is 3.23. The first-order valence-electron chi connectivity index (χ1n) is 7.10. The lowest BCUT2D eigenvalue weighted by molar-refractivity contribution is 0.100. The third kappa shape index (κ3) is 4.75. The van der Waals surface area contributed by atoms with Crippen molar-refractivity contribution in [1.29, 1.82) is 10.5 Å². The summed E-state index contributed by atoms with van der Waals surface area (Å²) >= 11 is 0. The molecule has 1 aromatic heterocycles. The predicted molar refractivity (Wildman–Crippen MR) is 84.2 cm³/mol. The average molecular weight is 336 g/mol. The van der Waals surface area contributed by atoms with E-state index in [0.29, 0.717) is 0 Å². The van der Waals surface area contributed by atoms with Crippen LogP contribution in [0.1, 0.15) is 11.4 Å². The lowest BCUT2D eigenvalue weighted by atomic mass is 10.3. The summed E-state index contributed by atoms with van der Waals surface area (Å²) in [6.07, 6.45) is -2.06. The normalized spacial score (nSPS) is 12.8. The Morgan fingerprint density at radius 2 is 1.21 bits per heavy atom. The second-order valence-corrected chi connectivity index (χ2v) is 5.23. The van der Waals surface area contributed by atoms with Crippen molar-refractivity contribution < 1.29 is 20.4 Å². The molecule has 0 aliphatic carbocycles. The van der Waals surface area contributed by atoms with Gasteiger partial charge in [-0.15, -0.1) is 0 Å². The summed E-state index contributed by atoms with van der Waals surface area (Å²) in [6.45, 7) is -0.901. The number of nitriles is 2. The summed E-state index contributed by atoms with van der Waals surface area (Å²) < 4.78 is 0. The van der Waals surface area contributed by atoms with Crippen LogP contribution >= 0.6 is 0 Å². The number of nitrogens with zero attached hydrogens (tertiary/aromatic N) is 6. The molecular formula is C14H20N6O4. The molecule has 2 unspecified atom stereocenters. The van der Waals surface area contributed by atoms with Gasteiger partial charge in [0.05, 0.1) is 25.4 Å². The van der Waals surface area contributed by atoms with Crippen LogP contribution in [0.3, 0.4) is 0 Å². The van der Waals surface area contributed by atoms with Crippen molar-refractivity contribution in [3.63, 3.8) is 0 Å². The largest absolute Gasteiger partial charge is 0.394 e. The van der Waals surface area contributed by atoms with Crippen LogP contribution in [0.15, 0.2) is 0 Å². The third-order valence-electron chi connectivity index (χ3n) is 3.18. The van der Waals surface area contributed by atoms with Gasteiger partial charge in [-0.25, -0.2) is 9.97 Å². The van der Waals surface area contributed by atoms with Crippen LogP contribution in [0.5, 0.6) is 0 Å². The SMILES string of the molecule is CN(CC(O)CO)c1nc(C#N)c(N(C)CC(O)CO)nc1C#N. The molecule has 1 aromatic rings. The van der Waals surface area contributed by atoms with Gasteiger partial charge in [0.15, 0.2) is 23.0 Å². The van der Waals surface area contributed by atoms with Crippen LogP contribution in [0.2, 0.25) is 0 Å². The summed E-state index contributed by atoms with van der Waals surface area (Å²) in [4.78, 5) is 11.0. The number of aliphatic hydroxyl groups excluding tert-OH is 4. The fourth-order valence-electron chi connectivity index (χ4n) is 2.02. The van der Waals surface area contributed by atoms with E-state index in [1.54, 1.807) is 14.1 Å². The van der Waals surface area contributed by atoms with Gasteiger partial charge >= 0.3 is 0 Å². The van der Waals surface area contributed by atoms with Gasteiger partial charge in [-0.2, -0.15) is 10.5 Å². The number of aromatic nitrogens is 2. The van der Waals surface area contributed by atoms with E-state index in [-0.39, 0.29) is 36.1 Å². The zero-order valence-corrected chi connectivity index (χ0v) is 13.5. The molecule has 130 valence electrons. The van der Waals surface area contributed by atoms with Gasteiger partial charge in [-0.05, 0) is 0 Å². The first-order valence-corrected chi connectivity index (χ1v) is 7.10. The Bertz CT molecular complexity index is 586. The van der Waals surface area contributed by atoms with Crippen LogP contribution in [-0.4, -0.2) is 83.0 Å². The van der Waals surface area contributed by atoms with Gasteiger partial charge in [0.2, 0.25) is 0 Å². The minimum Gasteiger partial charge on any atom is -0.394 e. The highest BCUT2D eigenvalue weighted by atomic mass is 16.3. The van der Waals surface area contributed by atoms with E-state index in [1.165, 1.54) is 9.80 Å². The Morgan fingerprint density at radius 1 is 0.875 bits per heavy atom. The van der Waals surface area contributed by atoms with Crippen molar-refractivity contribution in [2.24, 2.45) is 0 Å². The van der Waals surface area contributed by atoms with Gasteiger partial charge in [0, 0.05) is 27.2 Å². The van der Waals surface area contributed by atoms with Gasteiger partial charge in [-0.1, -0.05) is 0 Å². The van der Waals surface area contributed by atoms with Gasteiger partial charge in [0.1, 0.15) is 12.1 Å². The van der Waals surface area contributed by atoms with Crippen molar-refractivity contribution in [2.75, 3.05) is 50.2 Å². The molecular weight excluding hydrogens is 316 g/mol. The van der Waals surface area contributed by atoms with E-state index in [2.05, 4.69) is 9.97 Å². The van der Waals surface area contributed by atoms with E-state index in [0.717, 1.165) is 0 Å². The summed E-state index contributed by atoms with van der Waals surface area (Å²) in [5, 5.41) is 55.4. The van der Waals surface area contributed by atoms with Crippen molar-refractivity contribution in [1.82, 2.24) is 9.97 Å². The minimum absolute atomic E-state index is 0.00312. The molecule has 4 N–H and O–H groups in total. The van der Waals surface area contributed by atoms with E-state index >= 15 is 0 Å². The number of aliphatic hydroxyl groups is 4. The highest BCUT2D eigenvalue weighted by Crippen LogP contribution is 2.22. The number of anilines is 2. The zero-order valence-electron chi connectivity index (χ0n) is 13.5. The second kappa shape index (κ2) is 8.96. The van der Waals surface area contributed by atoms with Crippen molar-refractivity contribution in [3.8, 4) is 12.1 Å². The lowest BCUT2D eigenvalue weighted by Crippen LogP contribution is -2.34. The van der Waals surface area contributed by atoms with E-state index < -0.39 is 25.4 Å². The van der Waals surface area contributed by atoms with Crippen LogP contribution < -0.4 is 9.80 Å². The van der Waals surface area contributed by atoms with E-state index in [4.69, 9.17) is 10.2 Å². The molecule has 0 amide bonds. The Hall–Kier alpha value is -2.50. The first kappa shape index (κ1) is 19.5. The van der Waals surface area contributed by atoms with Crippen molar-refractivity contribution in [3.05, 3.63) is 11.4 Å². The van der Waals surface area contributed by atoms with Crippen LogP contribution in [0.4, 0.5) is 11.6 Å². The second-order valence-electron chi connectivity index (χ2n) is 5.23. The van der Waals surface area contributed by atoms with Gasteiger partial charge in [0.25, 0.3) is 0 Å². The highest BCUT2D eigenvalue weighted by molar-refractivity contribution is 5.59. The number of hydrogen-bond acceptors (Lipinski definition) is 10. The maximum atomic E-state index is 9.50. The molecule has 0 spiro atoms. The molecule has 0 aliphatic rings. The average Bonchev–Trinajstić information content (AvgIpc) is 2.59. The van der Waals surface area contributed by atoms with Crippen molar-refractivity contribution in [2.45, 2.75) is 12.2 Å². The molecule has 10 heteroatoms. The molecule has 1 heterocycles. The molecule has 0 aromatic carbocycles. The van der Waals surface area contributed by atoms with Crippen LogP contribution in [-0.2, 0) is 0 Å². The lowest BCUT2D eigenvalue weighted by Gasteiger charge is -2.24. The molecule has 0 fully saturated rings. The highest BCUT2D eigenvalue weighted by Gasteiger charge is 2.21. The standard InChI is InChI=1S/C14H20N6O4/c1-19(5-9(23)7-21)13-11(3-15)18-14(12(4-16)17-13)20(2)6-10(24)8-22/h9-10,21-24H,5-8H2,1-2H3. The smallest absolute Gasteiger partial charge is 0.185 e. The van der Waals surface area contributed by atoms with Crippen LogP contribution in [0, 0.1) is 22.7 Å². The predicted octanol–water partition coefficient (Wildman–Crippen LogP) is -2.20. The molecule has 0 aliphatic heterocycles. The monoisotopic (exact) mass is 336 g/mol. The maximum Gasteiger partial charge on any atom is 0.185 e. The Morgan fingerprint density at radius 3 is 1.46 bits per heavy atom. The molecule has 0 saturated heterocycles. The summed E-state index contributed by atoms with van der Waals surface area (Å²) in [7, 11) is 3.09. The number of likely N-dealkylation sites (N-methyl/N-ethyl adjacent to an activating group) is 2. The minimum atomic E-state index is -1.03. The summed E-state index contributed by atoms with van der Waals surface area (Å²) in [6, 6.07) is 3.75. The van der Waals surface area contributed by atoms with E-state index in [1.807, 2.05) is 12.1 Å². The Labute approximate surface area is 139 Å². The molecule has 0 saturated carbocycles. The molecule has 0 bridgehead atoms. The topological polar surface area (TPSA) is 161 Å². The third-order valence-corrected chi connectivity index (χ3v) is 3.18. The van der Waals surface area contributed by atoms with Gasteiger partial charge in [-0.3, -0.25) is 0 Å². The van der Waals surface area contributed by atoms with E-state index in [9.17, 15) is 20.7 Å². The molecule has 10 nitrogen and oxygen atoms in total. The molecule has 1 rings (SSSR count). The van der Waals surface area contributed by atoms with Crippen molar-refractivity contribution >= 4 is 11.6 Å². The zero-order chi connectivity index (χ0) is 18.3. The molecule has 0 radical (unpaired) electrons. The van der Waals surface area contributed by atoms with Gasteiger partial charge < -0.3 is 30.2 Å². The fourth-order valence-corrected chi connectivity index (χ4v) is 2.02. The number of hydrogen-bond donors (Lipinski definition) is 4. The first-order chi connectivity index (χ1) is 11.4. The summed E-state index contributed by atoms with van der Waals surface area (Å²) in [5.74, 6) is 0.197. The maximum absolute atomic E-state index is 9.50. The number of rotatable bonds is 8. The molecule has 24 heavy (non-hydrogen) atoms. The fraction of sp³-hybridized carbons (Fsp3) is 0.571. The quantitative estimate of drug-likeness (QED) is 0.410. The molecule has 2 atom stereocenters. The van der Waals surface area contributed by atoms with Crippen LogP contribution in [0.25, 0.3) is 0 Å².